The summed E-state index contributed by atoms with van der Waals surface area (Å²) in [6.07, 6.45) is 0.415. The number of carbonyl (C=O) groups is 2. The number of benzene rings is 2. The normalized spacial score (nSPS) is 17.5. The van der Waals surface area contributed by atoms with E-state index in [4.69, 9.17) is 4.74 Å². The number of aryl methyl sites for hydroxylation is 1. The zero-order valence-electron chi connectivity index (χ0n) is 11.6. The van der Waals surface area contributed by atoms with Crippen molar-refractivity contribution >= 4 is 11.9 Å². The van der Waals surface area contributed by atoms with Crippen molar-refractivity contribution in [2.24, 2.45) is 0 Å². The highest BCUT2D eigenvalue weighted by Gasteiger charge is 2.30. The highest BCUT2D eigenvalue weighted by molar-refractivity contribution is 6.03. The van der Waals surface area contributed by atoms with E-state index >= 15 is 0 Å². The van der Waals surface area contributed by atoms with Gasteiger partial charge in [-0.2, -0.15) is 0 Å². The minimum Gasteiger partial charge on any atom is -0.424 e. The van der Waals surface area contributed by atoms with Crippen LogP contribution in [0.25, 0.3) is 0 Å². The Morgan fingerprint density at radius 2 is 1.81 bits per heavy atom. The Balaban J connectivity index is 1.90. The molecule has 2 aromatic carbocycles. The lowest BCUT2D eigenvalue weighted by molar-refractivity contribution is -0.136. The average Bonchev–Trinajstić information content (AvgIpc) is 2.58. The fourth-order valence-corrected chi connectivity index (χ4v) is 2.47. The maximum atomic E-state index is 12.3. The third kappa shape index (κ3) is 2.65. The molecular weight excluding hydrogens is 266 g/mol. The first-order chi connectivity index (χ1) is 10.1. The molecule has 0 aromatic heterocycles. The summed E-state index contributed by atoms with van der Waals surface area (Å²) < 4.78 is 5.37. The molecular formula is C17H15NO3. The van der Waals surface area contributed by atoms with E-state index < -0.39 is 12.0 Å². The van der Waals surface area contributed by atoms with Gasteiger partial charge in [-0.05, 0) is 24.1 Å². The Morgan fingerprint density at radius 3 is 2.57 bits per heavy atom. The maximum Gasteiger partial charge on any atom is 0.334 e. The molecule has 0 aliphatic carbocycles. The Kier molecular flexibility index (Phi) is 3.44. The van der Waals surface area contributed by atoms with Gasteiger partial charge in [-0.3, -0.25) is 4.79 Å². The monoisotopic (exact) mass is 281 g/mol. The Bertz CT molecular complexity index is 694. The van der Waals surface area contributed by atoms with E-state index in [2.05, 4.69) is 5.32 Å². The summed E-state index contributed by atoms with van der Waals surface area (Å²) in [7, 11) is 0. The second-order valence-electron chi connectivity index (χ2n) is 5.08. The highest BCUT2D eigenvalue weighted by atomic mass is 16.5. The van der Waals surface area contributed by atoms with E-state index in [9.17, 15) is 9.59 Å². The fourth-order valence-electron chi connectivity index (χ4n) is 2.47. The summed E-state index contributed by atoms with van der Waals surface area (Å²) in [5, 5.41) is 2.76. The number of hydrogen-bond donors (Lipinski definition) is 1. The lowest BCUT2D eigenvalue weighted by Crippen LogP contribution is -2.42. The molecule has 0 fully saturated rings. The van der Waals surface area contributed by atoms with Crippen LogP contribution in [0.4, 0.5) is 0 Å². The number of nitrogens with one attached hydrogen (secondary N) is 1. The standard InChI is InChI=1S/C17H15NO3/c1-11-6-5-9-14-15(11)16(19)18-13(17(20)21-14)10-12-7-3-2-4-8-12/h2-9,13H,10H2,1H3,(H,18,19). The van der Waals surface area contributed by atoms with E-state index in [1.54, 1.807) is 12.1 Å². The summed E-state index contributed by atoms with van der Waals surface area (Å²) >= 11 is 0. The van der Waals surface area contributed by atoms with Crippen LogP contribution in [0.1, 0.15) is 21.5 Å². The predicted molar refractivity (Wildman–Crippen MR) is 78.2 cm³/mol. The van der Waals surface area contributed by atoms with Crippen LogP contribution in [0, 0.1) is 6.92 Å². The molecule has 1 aliphatic rings. The van der Waals surface area contributed by atoms with Crippen molar-refractivity contribution < 1.29 is 14.3 Å². The molecule has 4 nitrogen and oxygen atoms in total. The van der Waals surface area contributed by atoms with Crippen molar-refractivity contribution in [2.75, 3.05) is 0 Å². The average molecular weight is 281 g/mol. The molecule has 1 heterocycles. The van der Waals surface area contributed by atoms with Crippen LogP contribution in [0.15, 0.2) is 48.5 Å². The topological polar surface area (TPSA) is 55.4 Å². The number of rotatable bonds is 2. The van der Waals surface area contributed by atoms with Crippen LogP contribution >= 0.6 is 0 Å². The van der Waals surface area contributed by atoms with Crippen molar-refractivity contribution in [3.05, 3.63) is 65.2 Å². The lowest BCUT2D eigenvalue weighted by atomic mass is 10.1. The van der Waals surface area contributed by atoms with Crippen LogP contribution < -0.4 is 10.1 Å². The van der Waals surface area contributed by atoms with Gasteiger partial charge in [0.1, 0.15) is 11.8 Å². The maximum absolute atomic E-state index is 12.3. The van der Waals surface area contributed by atoms with Gasteiger partial charge in [0.05, 0.1) is 5.56 Å². The molecule has 21 heavy (non-hydrogen) atoms. The van der Waals surface area contributed by atoms with Crippen molar-refractivity contribution in [1.82, 2.24) is 5.32 Å². The van der Waals surface area contributed by atoms with E-state index in [-0.39, 0.29) is 5.91 Å². The zero-order chi connectivity index (χ0) is 14.8. The van der Waals surface area contributed by atoms with Crippen LogP contribution in [-0.2, 0) is 11.2 Å². The molecule has 0 radical (unpaired) electrons. The first-order valence-corrected chi connectivity index (χ1v) is 6.81. The Labute approximate surface area is 122 Å². The second-order valence-corrected chi connectivity index (χ2v) is 5.08. The molecule has 1 aliphatic heterocycles. The SMILES string of the molecule is Cc1cccc2c1C(=O)NC(Cc1ccccc1)C(=O)O2. The number of fused-ring (bicyclic) bond motifs is 1. The number of esters is 1. The first-order valence-electron chi connectivity index (χ1n) is 6.81. The summed E-state index contributed by atoms with van der Waals surface area (Å²) in [6, 6.07) is 14.1. The molecule has 0 saturated heterocycles. The van der Waals surface area contributed by atoms with Gasteiger partial charge in [0, 0.05) is 6.42 Å². The van der Waals surface area contributed by atoms with Crippen molar-refractivity contribution in [1.29, 1.82) is 0 Å². The molecule has 1 unspecified atom stereocenters. The minimum atomic E-state index is -0.674. The molecule has 3 rings (SSSR count). The Hall–Kier alpha value is -2.62. The third-order valence-corrected chi connectivity index (χ3v) is 3.54. The zero-order valence-corrected chi connectivity index (χ0v) is 11.6. The van der Waals surface area contributed by atoms with Crippen LogP contribution in [0.3, 0.4) is 0 Å². The lowest BCUT2D eigenvalue weighted by Gasteiger charge is -2.13. The number of ether oxygens (including phenoxy) is 1. The van der Waals surface area contributed by atoms with Crippen molar-refractivity contribution in [2.45, 2.75) is 19.4 Å². The Morgan fingerprint density at radius 1 is 1.05 bits per heavy atom. The minimum absolute atomic E-state index is 0.269. The van der Waals surface area contributed by atoms with Gasteiger partial charge in [-0.15, -0.1) is 0 Å². The quantitative estimate of drug-likeness (QED) is 0.678. The van der Waals surface area contributed by atoms with E-state index in [0.29, 0.717) is 17.7 Å². The summed E-state index contributed by atoms with van der Waals surface area (Å²) in [5.74, 6) is -0.375. The molecule has 106 valence electrons. The summed E-state index contributed by atoms with van der Waals surface area (Å²) in [4.78, 5) is 24.5. The number of amides is 1. The van der Waals surface area contributed by atoms with Gasteiger partial charge < -0.3 is 10.1 Å². The molecule has 1 atom stereocenters. The molecule has 2 aromatic rings. The van der Waals surface area contributed by atoms with Crippen molar-refractivity contribution in [3.8, 4) is 5.75 Å². The largest absolute Gasteiger partial charge is 0.424 e. The molecule has 1 N–H and O–H groups in total. The fraction of sp³-hybridized carbons (Fsp3) is 0.176. The van der Waals surface area contributed by atoms with Crippen LogP contribution in [-0.4, -0.2) is 17.9 Å². The van der Waals surface area contributed by atoms with Gasteiger partial charge in [-0.1, -0.05) is 42.5 Å². The second kappa shape index (κ2) is 5.40. The van der Waals surface area contributed by atoms with Gasteiger partial charge in [0.25, 0.3) is 5.91 Å². The summed E-state index contributed by atoms with van der Waals surface area (Å²) in [5.41, 5.74) is 2.20. The van der Waals surface area contributed by atoms with Gasteiger partial charge in [0.2, 0.25) is 0 Å². The van der Waals surface area contributed by atoms with Crippen LogP contribution in [0.2, 0.25) is 0 Å². The van der Waals surface area contributed by atoms with Crippen LogP contribution in [0.5, 0.6) is 5.75 Å². The highest BCUT2D eigenvalue weighted by Crippen LogP contribution is 2.25. The van der Waals surface area contributed by atoms with Gasteiger partial charge in [0.15, 0.2) is 0 Å². The molecule has 1 amide bonds. The summed E-state index contributed by atoms with van der Waals surface area (Å²) in [6.45, 7) is 1.82. The number of carbonyl (C=O) groups excluding carboxylic acids is 2. The van der Waals surface area contributed by atoms with Crippen molar-refractivity contribution in [3.63, 3.8) is 0 Å². The predicted octanol–water partition coefficient (Wildman–Crippen LogP) is 2.26. The van der Waals surface area contributed by atoms with E-state index in [1.165, 1.54) is 0 Å². The van der Waals surface area contributed by atoms with Gasteiger partial charge in [-0.25, -0.2) is 4.79 Å². The smallest absolute Gasteiger partial charge is 0.334 e. The van der Waals surface area contributed by atoms with Gasteiger partial charge >= 0.3 is 5.97 Å². The molecule has 0 spiro atoms. The third-order valence-electron chi connectivity index (χ3n) is 3.54. The molecule has 0 saturated carbocycles. The van der Waals surface area contributed by atoms with E-state index in [0.717, 1.165) is 11.1 Å². The first kappa shape index (κ1) is 13.4. The van der Waals surface area contributed by atoms with E-state index in [1.807, 2.05) is 43.3 Å². The molecule has 4 heteroatoms. The molecule has 0 bridgehead atoms. The number of hydrogen-bond acceptors (Lipinski definition) is 3.